The molecule has 2 heterocycles. The van der Waals surface area contributed by atoms with Gasteiger partial charge in [0.25, 0.3) is 5.91 Å². The average Bonchev–Trinajstić information content (AvgIpc) is 2.81. The van der Waals surface area contributed by atoms with Gasteiger partial charge in [-0.15, -0.1) is 11.8 Å². The molecule has 2 N–H and O–H groups in total. The second-order valence-corrected chi connectivity index (χ2v) is 4.90. The molecule has 6 nitrogen and oxygen atoms in total. The van der Waals surface area contributed by atoms with Crippen LogP contribution in [0.2, 0.25) is 0 Å². The zero-order valence-electron chi connectivity index (χ0n) is 10.1. The van der Waals surface area contributed by atoms with E-state index in [9.17, 15) is 9.59 Å². The number of aromatic nitrogens is 2. The third kappa shape index (κ3) is 3.47. The molecule has 0 aliphatic heterocycles. The van der Waals surface area contributed by atoms with Crippen molar-refractivity contribution in [2.45, 2.75) is 0 Å². The Morgan fingerprint density at radius 1 is 1.42 bits per heavy atom. The number of hydrogen-bond acceptors (Lipinski definition) is 4. The first-order valence-corrected chi connectivity index (χ1v) is 6.84. The standard InChI is InChI=1S/C12H13N3O3S/c16-11(17)8-19-6-4-13-12(18)9-7-14-15-5-2-1-3-10(9)15/h1-3,5,7H,4,6,8H2,(H,13,18)(H,16,17). The number of fused-ring (bicyclic) bond motifs is 1. The van der Waals surface area contributed by atoms with Crippen molar-refractivity contribution in [3.8, 4) is 0 Å². The highest BCUT2D eigenvalue weighted by molar-refractivity contribution is 7.99. The van der Waals surface area contributed by atoms with E-state index in [4.69, 9.17) is 5.11 Å². The second-order valence-electron chi connectivity index (χ2n) is 3.79. The SMILES string of the molecule is O=C(O)CSCCNC(=O)c1cnn2ccccc12. The zero-order valence-corrected chi connectivity index (χ0v) is 10.9. The largest absolute Gasteiger partial charge is 0.481 e. The molecule has 0 aliphatic rings. The molecule has 0 saturated carbocycles. The molecule has 1 amide bonds. The van der Waals surface area contributed by atoms with Gasteiger partial charge in [-0.2, -0.15) is 5.10 Å². The van der Waals surface area contributed by atoms with Gasteiger partial charge in [0.15, 0.2) is 0 Å². The summed E-state index contributed by atoms with van der Waals surface area (Å²) in [6.07, 6.45) is 3.30. The van der Waals surface area contributed by atoms with E-state index >= 15 is 0 Å². The second kappa shape index (κ2) is 6.24. The van der Waals surface area contributed by atoms with Crippen LogP contribution >= 0.6 is 11.8 Å². The third-order valence-electron chi connectivity index (χ3n) is 2.43. The predicted octanol–water partition coefficient (Wildman–Crippen LogP) is 0.882. The number of nitrogens with one attached hydrogen (secondary N) is 1. The summed E-state index contributed by atoms with van der Waals surface area (Å²) < 4.78 is 1.63. The van der Waals surface area contributed by atoms with E-state index in [0.717, 1.165) is 5.52 Å². The first-order chi connectivity index (χ1) is 9.18. The summed E-state index contributed by atoms with van der Waals surface area (Å²) in [6.45, 7) is 0.432. The molecular weight excluding hydrogens is 266 g/mol. The molecule has 7 heteroatoms. The van der Waals surface area contributed by atoms with Gasteiger partial charge >= 0.3 is 5.97 Å². The summed E-state index contributed by atoms with van der Waals surface area (Å²) in [4.78, 5) is 22.2. The maximum atomic E-state index is 11.9. The minimum atomic E-state index is -0.848. The van der Waals surface area contributed by atoms with Crippen molar-refractivity contribution >= 4 is 29.2 Å². The van der Waals surface area contributed by atoms with Gasteiger partial charge in [0.2, 0.25) is 0 Å². The molecule has 0 spiro atoms. The highest BCUT2D eigenvalue weighted by Gasteiger charge is 2.11. The van der Waals surface area contributed by atoms with Crippen LogP contribution in [0, 0.1) is 0 Å². The molecule has 2 aromatic rings. The average molecular weight is 279 g/mol. The van der Waals surface area contributed by atoms with E-state index in [0.29, 0.717) is 17.9 Å². The normalized spacial score (nSPS) is 10.5. The number of hydrogen-bond donors (Lipinski definition) is 2. The quantitative estimate of drug-likeness (QED) is 0.767. The maximum absolute atomic E-state index is 11.9. The van der Waals surface area contributed by atoms with E-state index in [1.807, 2.05) is 18.2 Å². The number of aliphatic carboxylic acids is 1. The number of carboxylic acid groups (broad SMARTS) is 1. The number of carbonyl (C=O) groups excluding carboxylic acids is 1. The smallest absolute Gasteiger partial charge is 0.313 e. The van der Waals surface area contributed by atoms with Crippen molar-refractivity contribution in [2.75, 3.05) is 18.1 Å². The Morgan fingerprint density at radius 2 is 2.26 bits per heavy atom. The molecule has 0 aliphatic carbocycles. The lowest BCUT2D eigenvalue weighted by Gasteiger charge is -2.03. The third-order valence-corrected chi connectivity index (χ3v) is 3.37. The Kier molecular flexibility index (Phi) is 4.40. The summed E-state index contributed by atoms with van der Waals surface area (Å²) in [7, 11) is 0. The van der Waals surface area contributed by atoms with Crippen LogP contribution in [0.4, 0.5) is 0 Å². The van der Waals surface area contributed by atoms with Crippen LogP contribution in [0.15, 0.2) is 30.6 Å². The number of carbonyl (C=O) groups is 2. The summed E-state index contributed by atoms with van der Waals surface area (Å²) in [5.74, 6) is -0.430. The van der Waals surface area contributed by atoms with E-state index in [1.165, 1.54) is 18.0 Å². The van der Waals surface area contributed by atoms with Crippen molar-refractivity contribution < 1.29 is 14.7 Å². The molecular formula is C12H13N3O3S. The molecule has 0 bridgehead atoms. The van der Waals surface area contributed by atoms with Crippen LogP contribution in [0.1, 0.15) is 10.4 Å². The van der Waals surface area contributed by atoms with Gasteiger partial charge in [0.1, 0.15) is 0 Å². The minimum Gasteiger partial charge on any atom is -0.481 e. The minimum absolute atomic E-state index is 0.0482. The topological polar surface area (TPSA) is 83.7 Å². The molecule has 0 unspecified atom stereocenters. The van der Waals surface area contributed by atoms with Crippen molar-refractivity contribution in [1.29, 1.82) is 0 Å². The highest BCUT2D eigenvalue weighted by Crippen LogP contribution is 2.09. The summed E-state index contributed by atoms with van der Waals surface area (Å²) in [5.41, 5.74) is 1.27. The van der Waals surface area contributed by atoms with Gasteiger partial charge in [-0.25, -0.2) is 4.52 Å². The fourth-order valence-electron chi connectivity index (χ4n) is 1.60. The lowest BCUT2D eigenvalue weighted by Crippen LogP contribution is -2.25. The fraction of sp³-hybridized carbons (Fsp3) is 0.250. The number of pyridine rings is 1. The Bertz CT molecular complexity index is 597. The molecule has 0 aromatic carbocycles. The number of thioether (sulfide) groups is 1. The number of nitrogens with zero attached hydrogens (tertiary/aromatic N) is 2. The molecule has 2 rings (SSSR count). The number of carboxylic acids is 1. The van der Waals surface area contributed by atoms with Crippen LogP contribution in [-0.4, -0.2) is 44.6 Å². The monoisotopic (exact) mass is 279 g/mol. The molecule has 2 aromatic heterocycles. The predicted molar refractivity (Wildman–Crippen MR) is 72.5 cm³/mol. The molecule has 0 fully saturated rings. The summed E-state index contributed by atoms with van der Waals surface area (Å²) >= 11 is 1.27. The Hall–Kier alpha value is -2.02. The van der Waals surface area contributed by atoms with Gasteiger partial charge in [0, 0.05) is 18.5 Å². The van der Waals surface area contributed by atoms with Gasteiger partial charge in [-0.1, -0.05) is 6.07 Å². The van der Waals surface area contributed by atoms with Crippen LogP contribution < -0.4 is 5.32 Å². The first kappa shape index (κ1) is 13.4. The van der Waals surface area contributed by atoms with Crippen molar-refractivity contribution in [3.63, 3.8) is 0 Å². The Morgan fingerprint density at radius 3 is 3.05 bits per heavy atom. The molecule has 0 radical (unpaired) electrons. The van der Waals surface area contributed by atoms with Crippen molar-refractivity contribution in [1.82, 2.24) is 14.9 Å². The van der Waals surface area contributed by atoms with E-state index < -0.39 is 5.97 Å². The van der Waals surface area contributed by atoms with Gasteiger partial charge in [-0.3, -0.25) is 9.59 Å². The first-order valence-electron chi connectivity index (χ1n) is 5.68. The summed E-state index contributed by atoms with van der Waals surface area (Å²) in [5, 5.41) is 15.3. The van der Waals surface area contributed by atoms with E-state index in [-0.39, 0.29) is 11.7 Å². The van der Waals surface area contributed by atoms with E-state index in [2.05, 4.69) is 10.4 Å². The molecule has 0 saturated heterocycles. The molecule has 19 heavy (non-hydrogen) atoms. The highest BCUT2D eigenvalue weighted by atomic mass is 32.2. The van der Waals surface area contributed by atoms with Crippen molar-refractivity contribution in [3.05, 3.63) is 36.2 Å². The lowest BCUT2D eigenvalue weighted by atomic mass is 10.2. The molecule has 100 valence electrons. The zero-order chi connectivity index (χ0) is 13.7. The maximum Gasteiger partial charge on any atom is 0.313 e. The summed E-state index contributed by atoms with van der Waals surface area (Å²) in [6, 6.07) is 5.50. The van der Waals surface area contributed by atoms with Gasteiger partial charge in [0.05, 0.1) is 23.0 Å². The number of amides is 1. The van der Waals surface area contributed by atoms with Crippen molar-refractivity contribution in [2.24, 2.45) is 0 Å². The Labute approximate surface area is 113 Å². The van der Waals surface area contributed by atoms with Crippen LogP contribution in [0.25, 0.3) is 5.52 Å². The Balaban J connectivity index is 1.88. The fourth-order valence-corrected chi connectivity index (χ4v) is 2.17. The van der Waals surface area contributed by atoms with E-state index in [1.54, 1.807) is 10.7 Å². The van der Waals surface area contributed by atoms with Crippen LogP contribution in [-0.2, 0) is 4.79 Å². The van der Waals surface area contributed by atoms with Crippen LogP contribution in [0.3, 0.4) is 0 Å². The van der Waals surface area contributed by atoms with Gasteiger partial charge < -0.3 is 10.4 Å². The molecule has 0 atom stereocenters. The lowest BCUT2D eigenvalue weighted by molar-refractivity contribution is -0.133. The van der Waals surface area contributed by atoms with Gasteiger partial charge in [-0.05, 0) is 12.1 Å². The number of rotatable bonds is 6. The van der Waals surface area contributed by atoms with Crippen LogP contribution in [0.5, 0.6) is 0 Å².